The average Bonchev–Trinajstić information content (AvgIpc) is 3.08. The van der Waals surface area contributed by atoms with Crippen LogP contribution in [0.2, 0.25) is 0 Å². The number of aromatic nitrogens is 3. The maximum atomic E-state index is 13.1. The van der Waals surface area contributed by atoms with Gasteiger partial charge in [0.05, 0.1) is 18.5 Å². The van der Waals surface area contributed by atoms with E-state index in [1.807, 2.05) is 13.0 Å². The lowest BCUT2D eigenvalue weighted by Crippen LogP contribution is -2.26. The number of aryl methyl sites for hydroxylation is 2. The fraction of sp³-hybridized carbons (Fsp3) is 0.450. The maximum absolute atomic E-state index is 13.1. The van der Waals surface area contributed by atoms with Crippen molar-refractivity contribution in [2.24, 2.45) is 0 Å². The van der Waals surface area contributed by atoms with Crippen LogP contribution in [0.1, 0.15) is 50.0 Å². The standard InChI is InChI=1S/C20H25N3O3S/c1-4-7-18-22-19-15(10-14(6-3)27-19)20(25)23(18)12-13-9-16(24)17(11-21-13)26-8-5-2/h9-11H,4-8,12H2,1-3H3,(H,21,24). The molecule has 0 saturated heterocycles. The lowest BCUT2D eigenvalue weighted by Gasteiger charge is -2.12. The molecule has 0 amide bonds. The van der Waals surface area contributed by atoms with E-state index in [9.17, 15) is 9.59 Å². The van der Waals surface area contributed by atoms with Gasteiger partial charge in [0.2, 0.25) is 5.43 Å². The molecule has 27 heavy (non-hydrogen) atoms. The number of nitrogens with zero attached hydrogens (tertiary/aromatic N) is 2. The molecule has 0 fully saturated rings. The topological polar surface area (TPSA) is 77.0 Å². The second-order valence-corrected chi connectivity index (χ2v) is 7.60. The summed E-state index contributed by atoms with van der Waals surface area (Å²) in [5.74, 6) is 1.06. The molecule has 144 valence electrons. The molecule has 0 spiro atoms. The van der Waals surface area contributed by atoms with Crippen molar-refractivity contribution in [2.75, 3.05) is 6.61 Å². The fourth-order valence-corrected chi connectivity index (χ4v) is 3.92. The number of thiophene rings is 1. The Morgan fingerprint density at radius 1 is 1.19 bits per heavy atom. The van der Waals surface area contributed by atoms with Crippen LogP contribution in [0.25, 0.3) is 10.2 Å². The summed E-state index contributed by atoms with van der Waals surface area (Å²) < 4.78 is 7.10. The van der Waals surface area contributed by atoms with Gasteiger partial charge in [-0.15, -0.1) is 11.3 Å². The molecule has 0 bridgehead atoms. The van der Waals surface area contributed by atoms with E-state index in [4.69, 9.17) is 9.72 Å². The predicted molar refractivity (Wildman–Crippen MR) is 109 cm³/mol. The van der Waals surface area contributed by atoms with Gasteiger partial charge in [0.15, 0.2) is 5.75 Å². The molecule has 3 aromatic heterocycles. The first-order valence-electron chi connectivity index (χ1n) is 9.43. The van der Waals surface area contributed by atoms with Crippen molar-refractivity contribution in [1.82, 2.24) is 14.5 Å². The van der Waals surface area contributed by atoms with Crippen molar-refractivity contribution in [3.63, 3.8) is 0 Å². The maximum Gasteiger partial charge on any atom is 0.262 e. The van der Waals surface area contributed by atoms with Gasteiger partial charge < -0.3 is 9.72 Å². The molecule has 0 saturated carbocycles. The van der Waals surface area contributed by atoms with Gasteiger partial charge in [0, 0.05) is 29.3 Å². The van der Waals surface area contributed by atoms with Gasteiger partial charge in [0.1, 0.15) is 10.7 Å². The summed E-state index contributed by atoms with van der Waals surface area (Å²) in [7, 11) is 0. The van der Waals surface area contributed by atoms with Gasteiger partial charge in [-0.25, -0.2) is 4.98 Å². The third kappa shape index (κ3) is 4.13. The Morgan fingerprint density at radius 2 is 2.00 bits per heavy atom. The highest BCUT2D eigenvalue weighted by molar-refractivity contribution is 7.18. The Labute approximate surface area is 161 Å². The van der Waals surface area contributed by atoms with E-state index in [1.165, 1.54) is 6.07 Å². The molecule has 0 aliphatic heterocycles. The SMILES string of the molecule is CCCOc1c[nH]c(Cn2c(CCC)nc3sc(CC)cc3c2=O)cc1=O. The number of nitrogens with one attached hydrogen (secondary N) is 1. The van der Waals surface area contributed by atoms with Gasteiger partial charge >= 0.3 is 0 Å². The third-order valence-corrected chi connectivity index (χ3v) is 5.50. The second kappa shape index (κ2) is 8.52. The summed E-state index contributed by atoms with van der Waals surface area (Å²) in [6.07, 6.45) is 4.90. The minimum atomic E-state index is -0.180. The molecule has 7 heteroatoms. The van der Waals surface area contributed by atoms with Crippen molar-refractivity contribution in [1.29, 1.82) is 0 Å². The number of ether oxygens (including phenoxy) is 1. The molecule has 6 nitrogen and oxygen atoms in total. The molecular weight excluding hydrogens is 362 g/mol. The third-order valence-electron chi connectivity index (χ3n) is 4.33. The lowest BCUT2D eigenvalue weighted by atomic mass is 10.2. The van der Waals surface area contributed by atoms with Crippen molar-refractivity contribution in [3.05, 3.63) is 55.3 Å². The largest absolute Gasteiger partial charge is 0.488 e. The molecule has 3 rings (SSSR count). The van der Waals surface area contributed by atoms with Crippen LogP contribution in [-0.2, 0) is 19.4 Å². The van der Waals surface area contributed by atoms with Crippen LogP contribution in [0, 0.1) is 0 Å². The van der Waals surface area contributed by atoms with Crippen molar-refractivity contribution in [2.45, 2.75) is 53.0 Å². The number of hydrogen-bond donors (Lipinski definition) is 1. The first-order valence-corrected chi connectivity index (χ1v) is 10.3. The van der Waals surface area contributed by atoms with Crippen LogP contribution >= 0.6 is 11.3 Å². The number of aromatic amines is 1. The first kappa shape index (κ1) is 19.4. The monoisotopic (exact) mass is 387 g/mol. The molecular formula is C20H25N3O3S. The van der Waals surface area contributed by atoms with Crippen LogP contribution < -0.4 is 15.7 Å². The van der Waals surface area contributed by atoms with Gasteiger partial charge in [-0.2, -0.15) is 0 Å². The Kier molecular flexibility index (Phi) is 6.11. The van der Waals surface area contributed by atoms with E-state index in [2.05, 4.69) is 18.8 Å². The van der Waals surface area contributed by atoms with Crippen LogP contribution in [-0.4, -0.2) is 21.1 Å². The minimum Gasteiger partial charge on any atom is -0.488 e. The summed E-state index contributed by atoms with van der Waals surface area (Å²) in [6, 6.07) is 3.44. The number of H-pyrrole nitrogens is 1. The molecule has 0 aliphatic carbocycles. The van der Waals surface area contributed by atoms with E-state index in [-0.39, 0.29) is 17.5 Å². The van der Waals surface area contributed by atoms with Gasteiger partial charge in [-0.05, 0) is 25.3 Å². The van der Waals surface area contributed by atoms with Gasteiger partial charge in [-0.1, -0.05) is 20.8 Å². The van der Waals surface area contributed by atoms with Crippen LogP contribution in [0.5, 0.6) is 5.75 Å². The quantitative estimate of drug-likeness (QED) is 0.642. The highest BCUT2D eigenvalue weighted by Crippen LogP contribution is 2.22. The average molecular weight is 388 g/mol. The Morgan fingerprint density at radius 3 is 2.67 bits per heavy atom. The molecule has 0 atom stereocenters. The highest BCUT2D eigenvalue weighted by atomic mass is 32.1. The second-order valence-electron chi connectivity index (χ2n) is 6.49. The van der Waals surface area contributed by atoms with Crippen molar-refractivity contribution in [3.8, 4) is 5.75 Å². The molecule has 0 aromatic carbocycles. The molecule has 1 N–H and O–H groups in total. The first-order chi connectivity index (χ1) is 13.1. The highest BCUT2D eigenvalue weighted by Gasteiger charge is 2.14. The number of fused-ring (bicyclic) bond motifs is 1. The number of hydrogen-bond acceptors (Lipinski definition) is 5. The Hall–Kier alpha value is -2.41. The smallest absolute Gasteiger partial charge is 0.262 e. The summed E-state index contributed by atoms with van der Waals surface area (Å²) in [5.41, 5.74) is 0.432. The zero-order valence-corrected chi connectivity index (χ0v) is 16.8. The molecule has 0 radical (unpaired) electrons. The Bertz CT molecular complexity index is 1050. The summed E-state index contributed by atoms with van der Waals surface area (Å²) in [6.45, 7) is 6.91. The van der Waals surface area contributed by atoms with Gasteiger partial charge in [-0.3, -0.25) is 14.2 Å². The van der Waals surface area contributed by atoms with E-state index >= 15 is 0 Å². The van der Waals surface area contributed by atoms with Crippen molar-refractivity contribution < 1.29 is 4.74 Å². The van der Waals surface area contributed by atoms with Crippen LogP contribution in [0.4, 0.5) is 0 Å². The Balaban J connectivity index is 2.01. The molecule has 3 aromatic rings. The number of pyridine rings is 1. The van der Waals surface area contributed by atoms with E-state index in [0.717, 1.165) is 34.8 Å². The van der Waals surface area contributed by atoms with Gasteiger partial charge in [0.25, 0.3) is 5.56 Å². The zero-order chi connectivity index (χ0) is 19.4. The fourth-order valence-electron chi connectivity index (χ4n) is 2.95. The molecule has 3 heterocycles. The van der Waals surface area contributed by atoms with Crippen LogP contribution in [0.15, 0.2) is 27.9 Å². The van der Waals surface area contributed by atoms with Crippen molar-refractivity contribution >= 4 is 21.6 Å². The van der Waals surface area contributed by atoms with E-state index in [1.54, 1.807) is 22.1 Å². The summed E-state index contributed by atoms with van der Waals surface area (Å²) in [4.78, 5) is 35.1. The van der Waals surface area contributed by atoms with E-state index < -0.39 is 0 Å². The summed E-state index contributed by atoms with van der Waals surface area (Å²) >= 11 is 1.58. The zero-order valence-electron chi connectivity index (χ0n) is 16.0. The molecule has 0 unspecified atom stereocenters. The predicted octanol–water partition coefficient (Wildman–Crippen LogP) is 3.50. The van der Waals surface area contributed by atoms with Crippen LogP contribution in [0.3, 0.4) is 0 Å². The summed E-state index contributed by atoms with van der Waals surface area (Å²) in [5, 5.41) is 0.655. The lowest BCUT2D eigenvalue weighted by molar-refractivity contribution is 0.313. The van der Waals surface area contributed by atoms with E-state index in [0.29, 0.717) is 29.9 Å². The number of rotatable bonds is 8. The minimum absolute atomic E-state index is 0.0495. The normalized spacial score (nSPS) is 11.2. The molecule has 0 aliphatic rings.